The van der Waals surface area contributed by atoms with Gasteiger partial charge in [0, 0.05) is 59.2 Å². The molecule has 0 spiro atoms. The quantitative estimate of drug-likeness (QED) is 0.135. The lowest BCUT2D eigenvalue weighted by atomic mass is 9.94. The Morgan fingerprint density at radius 1 is 0.457 bits per heavy atom. The van der Waals surface area contributed by atoms with Gasteiger partial charge in [0.2, 0.25) is 0 Å². The number of benzene rings is 4. The molecule has 0 aliphatic carbocycles. The average Bonchev–Trinajstić information content (AvgIpc) is 3.08. The van der Waals surface area contributed by atoms with Crippen molar-refractivity contribution < 1.29 is 28.7 Å². The van der Waals surface area contributed by atoms with Crippen molar-refractivity contribution in [3.05, 3.63) is 95.1 Å². The van der Waals surface area contributed by atoms with E-state index in [0.717, 1.165) is 21.5 Å². The Morgan fingerprint density at radius 3 is 1.15 bits per heavy atom. The number of hydrogen-bond donors (Lipinski definition) is 2. The van der Waals surface area contributed by atoms with E-state index in [4.69, 9.17) is 9.47 Å². The highest BCUT2D eigenvalue weighted by atomic mass is 16.5. The molecule has 6 rings (SSSR count). The second kappa shape index (κ2) is 14.7. The van der Waals surface area contributed by atoms with Gasteiger partial charge in [0.25, 0.3) is 23.6 Å². The molecule has 4 aromatic rings. The van der Waals surface area contributed by atoms with Gasteiger partial charge < -0.3 is 20.1 Å². The van der Waals surface area contributed by atoms with Crippen LogP contribution in [-0.2, 0) is 9.47 Å². The summed E-state index contributed by atoms with van der Waals surface area (Å²) in [7, 11) is 0. The zero-order chi connectivity index (χ0) is 31.9. The largest absolute Gasteiger partial charge is 0.378 e. The summed E-state index contributed by atoms with van der Waals surface area (Å²) in [5.41, 5.74) is 2.34. The highest BCUT2D eigenvalue weighted by Gasteiger charge is 2.33. The van der Waals surface area contributed by atoms with Crippen molar-refractivity contribution in [2.24, 2.45) is 0 Å². The summed E-state index contributed by atoms with van der Waals surface area (Å²) < 4.78 is 11.2. The van der Waals surface area contributed by atoms with Crippen molar-refractivity contribution >= 4 is 45.2 Å². The van der Waals surface area contributed by atoms with Crippen LogP contribution in [0.15, 0.2) is 72.8 Å². The van der Waals surface area contributed by atoms with Gasteiger partial charge in [-0.15, -0.1) is 0 Å². The molecule has 4 aromatic carbocycles. The van der Waals surface area contributed by atoms with Gasteiger partial charge in [0.05, 0.1) is 26.4 Å². The monoisotopic (exact) mass is 622 g/mol. The normalized spacial score (nSPS) is 14.3. The van der Waals surface area contributed by atoms with Crippen molar-refractivity contribution in [3.8, 4) is 0 Å². The molecule has 46 heavy (non-hydrogen) atoms. The number of rotatable bonds is 17. The Kier molecular flexibility index (Phi) is 10.1. The summed E-state index contributed by atoms with van der Waals surface area (Å²) in [4.78, 5) is 54.5. The number of carbonyl (C=O) groups excluding carboxylic acids is 4. The summed E-state index contributed by atoms with van der Waals surface area (Å²) in [6.45, 7) is 5.40. The fraction of sp³-hybridized carbons (Fsp3) is 0.333. The highest BCUT2D eigenvalue weighted by Crippen LogP contribution is 2.31. The third-order valence-corrected chi connectivity index (χ3v) is 8.40. The van der Waals surface area contributed by atoms with Crippen molar-refractivity contribution in [2.75, 3.05) is 65.7 Å². The molecular weight excluding hydrogens is 584 g/mol. The first kappa shape index (κ1) is 31.5. The van der Waals surface area contributed by atoms with Gasteiger partial charge in [-0.05, 0) is 61.0 Å². The van der Waals surface area contributed by atoms with Crippen molar-refractivity contribution in [1.82, 2.24) is 20.4 Å². The van der Waals surface area contributed by atoms with E-state index >= 15 is 0 Å². The van der Waals surface area contributed by atoms with Crippen LogP contribution < -0.4 is 10.6 Å². The Balaban J connectivity index is 0.773. The van der Waals surface area contributed by atoms with Crippen molar-refractivity contribution in [1.29, 1.82) is 0 Å². The predicted molar refractivity (Wildman–Crippen MR) is 175 cm³/mol. The van der Waals surface area contributed by atoms with Crippen LogP contribution in [0, 0.1) is 0 Å². The minimum atomic E-state index is -0.233. The third kappa shape index (κ3) is 6.56. The Bertz CT molecular complexity index is 1540. The van der Waals surface area contributed by atoms with Crippen LogP contribution in [0.4, 0.5) is 0 Å². The number of ether oxygens (including phenoxy) is 2. The van der Waals surface area contributed by atoms with Gasteiger partial charge in [-0.25, -0.2) is 0 Å². The molecule has 2 N–H and O–H groups in total. The zero-order valence-electron chi connectivity index (χ0n) is 25.8. The van der Waals surface area contributed by atoms with E-state index in [1.165, 1.54) is 9.80 Å². The van der Waals surface area contributed by atoms with E-state index in [1.54, 1.807) is 24.3 Å². The Hall–Kier alpha value is -4.48. The Morgan fingerprint density at radius 2 is 0.804 bits per heavy atom. The maximum Gasteiger partial charge on any atom is 0.261 e. The van der Waals surface area contributed by atoms with Gasteiger partial charge >= 0.3 is 0 Å². The van der Waals surface area contributed by atoms with Crippen LogP contribution in [0.25, 0.3) is 21.5 Å². The number of carbonyl (C=O) groups is 4. The zero-order valence-corrected chi connectivity index (χ0v) is 25.8. The lowest BCUT2D eigenvalue weighted by molar-refractivity contribution is 0.0496. The van der Waals surface area contributed by atoms with E-state index in [9.17, 15) is 19.2 Å². The molecule has 10 heteroatoms. The second-order valence-electron chi connectivity index (χ2n) is 11.4. The molecule has 238 valence electrons. The SMILES string of the molecule is O=C1c2cccc3cccc(c23)C(=O)N1CCCNCCOCCOCCNCCCN1C(=O)c2cccc3cccc(c23)C1=O. The minimum absolute atomic E-state index is 0.233. The molecule has 2 heterocycles. The summed E-state index contributed by atoms with van der Waals surface area (Å²) >= 11 is 0. The molecule has 2 aliphatic heterocycles. The number of imide groups is 2. The van der Waals surface area contributed by atoms with Crippen molar-refractivity contribution in [2.45, 2.75) is 12.8 Å². The summed E-state index contributed by atoms with van der Waals surface area (Å²) in [5.74, 6) is -0.933. The molecule has 0 saturated heterocycles. The van der Waals surface area contributed by atoms with Gasteiger partial charge in [0.15, 0.2) is 0 Å². The summed E-state index contributed by atoms with van der Waals surface area (Å²) in [6, 6.07) is 22.2. The summed E-state index contributed by atoms with van der Waals surface area (Å²) in [5, 5.41) is 9.89. The maximum absolute atomic E-state index is 13.0. The number of amides is 4. The van der Waals surface area contributed by atoms with Crippen LogP contribution in [-0.4, -0.2) is 99.1 Å². The van der Waals surface area contributed by atoms with Crippen LogP contribution in [0.3, 0.4) is 0 Å². The fourth-order valence-corrected chi connectivity index (χ4v) is 6.15. The lowest BCUT2D eigenvalue weighted by Crippen LogP contribution is -2.41. The first-order chi connectivity index (χ1) is 22.6. The summed E-state index contributed by atoms with van der Waals surface area (Å²) in [6.07, 6.45) is 1.31. The van der Waals surface area contributed by atoms with Gasteiger partial charge in [-0.2, -0.15) is 0 Å². The third-order valence-electron chi connectivity index (χ3n) is 8.40. The first-order valence-electron chi connectivity index (χ1n) is 15.9. The molecule has 2 aliphatic rings. The van der Waals surface area contributed by atoms with E-state index in [-0.39, 0.29) is 23.6 Å². The Labute approximate surface area is 267 Å². The minimum Gasteiger partial charge on any atom is -0.378 e. The van der Waals surface area contributed by atoms with Crippen LogP contribution >= 0.6 is 0 Å². The molecule has 0 saturated carbocycles. The molecule has 0 bridgehead atoms. The van der Waals surface area contributed by atoms with Crippen LogP contribution in [0.1, 0.15) is 54.3 Å². The van der Waals surface area contributed by atoms with Crippen molar-refractivity contribution in [3.63, 3.8) is 0 Å². The highest BCUT2D eigenvalue weighted by molar-refractivity contribution is 6.26. The molecule has 0 atom stereocenters. The van der Waals surface area contributed by atoms with Crippen LogP contribution in [0.5, 0.6) is 0 Å². The average molecular weight is 623 g/mol. The molecule has 0 unspecified atom stereocenters. The lowest BCUT2D eigenvalue weighted by Gasteiger charge is -2.27. The topological polar surface area (TPSA) is 117 Å². The number of nitrogens with one attached hydrogen (secondary N) is 2. The molecule has 0 aromatic heterocycles. The first-order valence-corrected chi connectivity index (χ1v) is 15.9. The molecule has 0 radical (unpaired) electrons. The van der Waals surface area contributed by atoms with E-state index in [2.05, 4.69) is 10.6 Å². The number of hydrogen-bond acceptors (Lipinski definition) is 8. The van der Waals surface area contributed by atoms with Crippen LogP contribution in [0.2, 0.25) is 0 Å². The van der Waals surface area contributed by atoms with Gasteiger partial charge in [-0.3, -0.25) is 29.0 Å². The molecule has 0 fully saturated rings. The van der Waals surface area contributed by atoms with E-state index < -0.39 is 0 Å². The molecule has 4 amide bonds. The molecular formula is C36H38N4O6. The smallest absolute Gasteiger partial charge is 0.261 e. The fourth-order valence-electron chi connectivity index (χ4n) is 6.15. The maximum atomic E-state index is 13.0. The number of nitrogens with zero attached hydrogens (tertiary/aromatic N) is 2. The molecule has 10 nitrogen and oxygen atoms in total. The van der Waals surface area contributed by atoms with Gasteiger partial charge in [0.1, 0.15) is 0 Å². The van der Waals surface area contributed by atoms with E-state index in [0.29, 0.717) is 101 Å². The standard InChI is InChI=1S/C36H38N4O6/c41-33-27-11-1-7-25-8-2-12-28(31(25)27)34(42)39(33)19-5-15-37-17-21-45-23-24-46-22-18-38-16-6-20-40-35(43)29-13-3-9-26-10-4-14-30(32(26)29)36(40)44/h1-4,7-14,37-38H,5-6,15-24H2. The second-order valence-corrected chi connectivity index (χ2v) is 11.4. The predicted octanol–water partition coefficient (Wildman–Crippen LogP) is 3.88. The van der Waals surface area contributed by atoms with E-state index in [1.807, 2.05) is 48.5 Å². The van der Waals surface area contributed by atoms with Gasteiger partial charge in [-0.1, -0.05) is 48.5 Å².